The zero-order valence-electron chi connectivity index (χ0n) is 8.95. The van der Waals surface area contributed by atoms with Crippen LogP contribution >= 0.6 is 11.3 Å². The summed E-state index contributed by atoms with van der Waals surface area (Å²) in [6.45, 7) is 2.10. The average Bonchev–Trinajstić information content (AvgIpc) is 2.89. The monoisotopic (exact) mass is 227 g/mol. The number of rotatable bonds is 6. The van der Waals surface area contributed by atoms with Crippen LogP contribution in [0.25, 0.3) is 0 Å². The molecule has 3 nitrogen and oxygen atoms in total. The number of hydrogen-bond acceptors (Lipinski definition) is 4. The van der Waals surface area contributed by atoms with Crippen molar-refractivity contribution in [2.24, 2.45) is 5.41 Å². The maximum atomic E-state index is 9.14. The van der Waals surface area contributed by atoms with E-state index in [-0.39, 0.29) is 5.41 Å². The molecule has 0 radical (unpaired) electrons. The van der Waals surface area contributed by atoms with Crippen molar-refractivity contribution in [3.05, 3.63) is 17.0 Å². The maximum Gasteiger partial charge on any atom is 0.173 e. The van der Waals surface area contributed by atoms with E-state index < -0.39 is 0 Å². The van der Waals surface area contributed by atoms with Gasteiger partial charge in [0, 0.05) is 30.0 Å². The molecule has 1 aliphatic rings. The lowest BCUT2D eigenvalue weighted by Crippen LogP contribution is -2.25. The predicted molar refractivity (Wildman–Crippen MR) is 61.3 cm³/mol. The molecular formula is C11H17NO2S. The van der Waals surface area contributed by atoms with Gasteiger partial charge in [-0.1, -0.05) is 0 Å². The summed E-state index contributed by atoms with van der Waals surface area (Å²) in [4.78, 5) is 1.28. The molecule has 1 aromatic rings. The van der Waals surface area contributed by atoms with E-state index in [1.165, 1.54) is 4.88 Å². The van der Waals surface area contributed by atoms with Crippen molar-refractivity contribution in [2.75, 3.05) is 20.3 Å². The first-order valence-corrected chi connectivity index (χ1v) is 6.04. The molecule has 0 saturated heterocycles. The van der Waals surface area contributed by atoms with E-state index in [0.29, 0.717) is 6.61 Å². The van der Waals surface area contributed by atoms with E-state index in [1.807, 2.05) is 6.07 Å². The summed E-state index contributed by atoms with van der Waals surface area (Å²) in [6, 6.07) is 4.07. The number of hydrogen-bond donors (Lipinski definition) is 2. The number of aliphatic hydroxyl groups is 1. The summed E-state index contributed by atoms with van der Waals surface area (Å²) in [7, 11) is 1.69. The van der Waals surface area contributed by atoms with Crippen molar-refractivity contribution in [1.29, 1.82) is 0 Å². The molecule has 15 heavy (non-hydrogen) atoms. The molecule has 0 aliphatic heterocycles. The molecule has 0 aromatic carbocycles. The summed E-state index contributed by atoms with van der Waals surface area (Å²) in [5.41, 5.74) is 0.196. The molecule has 84 valence electrons. The molecule has 0 unspecified atom stereocenters. The van der Waals surface area contributed by atoms with Gasteiger partial charge >= 0.3 is 0 Å². The quantitative estimate of drug-likeness (QED) is 0.776. The molecule has 1 aromatic heterocycles. The third-order valence-corrected chi connectivity index (χ3v) is 3.98. The second-order valence-corrected chi connectivity index (χ2v) is 5.32. The first kappa shape index (κ1) is 10.9. The second kappa shape index (κ2) is 4.51. The standard InChI is InChI=1S/C11H17NO2S/c1-14-10-3-2-9(15-10)6-12-7-11(8-13)4-5-11/h2-3,12-13H,4-8H2,1H3. The molecule has 0 atom stereocenters. The molecule has 1 fully saturated rings. The van der Waals surface area contributed by atoms with E-state index in [9.17, 15) is 0 Å². The van der Waals surface area contributed by atoms with Crippen LogP contribution in [0, 0.1) is 5.41 Å². The second-order valence-electron chi connectivity index (χ2n) is 4.19. The third-order valence-electron chi connectivity index (χ3n) is 2.93. The van der Waals surface area contributed by atoms with Gasteiger partial charge in [-0.15, -0.1) is 11.3 Å². The van der Waals surface area contributed by atoms with E-state index in [2.05, 4.69) is 11.4 Å². The average molecular weight is 227 g/mol. The molecule has 1 saturated carbocycles. The Hall–Kier alpha value is -0.580. The minimum Gasteiger partial charge on any atom is -0.487 e. The summed E-state index contributed by atoms with van der Waals surface area (Å²) < 4.78 is 5.13. The minimum absolute atomic E-state index is 0.196. The highest BCUT2D eigenvalue weighted by molar-refractivity contribution is 7.13. The molecule has 0 spiro atoms. The van der Waals surface area contributed by atoms with Crippen LogP contribution in [-0.4, -0.2) is 25.4 Å². The molecular weight excluding hydrogens is 210 g/mol. The molecule has 1 heterocycles. The Morgan fingerprint density at radius 1 is 1.53 bits per heavy atom. The number of methoxy groups -OCH3 is 1. The van der Waals surface area contributed by atoms with Gasteiger partial charge in [0.2, 0.25) is 0 Å². The number of thiophene rings is 1. The van der Waals surface area contributed by atoms with Crippen LogP contribution in [0.1, 0.15) is 17.7 Å². The lowest BCUT2D eigenvalue weighted by atomic mass is 10.1. The summed E-state index contributed by atoms with van der Waals surface area (Å²) in [6.07, 6.45) is 2.31. The molecule has 1 aliphatic carbocycles. The summed E-state index contributed by atoms with van der Waals surface area (Å²) in [5, 5.41) is 13.5. The molecule has 0 amide bonds. The predicted octanol–water partition coefficient (Wildman–Crippen LogP) is 1.62. The Morgan fingerprint density at radius 3 is 2.87 bits per heavy atom. The van der Waals surface area contributed by atoms with Gasteiger partial charge in [-0.3, -0.25) is 0 Å². The third kappa shape index (κ3) is 2.71. The van der Waals surface area contributed by atoms with Gasteiger partial charge in [-0.2, -0.15) is 0 Å². The Morgan fingerprint density at radius 2 is 2.33 bits per heavy atom. The van der Waals surface area contributed by atoms with Crippen molar-refractivity contribution in [3.8, 4) is 5.06 Å². The fraction of sp³-hybridized carbons (Fsp3) is 0.636. The van der Waals surface area contributed by atoms with Crippen LogP contribution in [0.3, 0.4) is 0 Å². The van der Waals surface area contributed by atoms with Crippen molar-refractivity contribution < 1.29 is 9.84 Å². The molecule has 4 heteroatoms. The smallest absolute Gasteiger partial charge is 0.173 e. The first-order chi connectivity index (χ1) is 7.28. The SMILES string of the molecule is COc1ccc(CNCC2(CO)CC2)s1. The Bertz CT molecular complexity index is 320. The van der Waals surface area contributed by atoms with Crippen LogP contribution in [0.2, 0.25) is 0 Å². The van der Waals surface area contributed by atoms with Crippen LogP contribution in [0.4, 0.5) is 0 Å². The van der Waals surface area contributed by atoms with Crippen molar-refractivity contribution in [1.82, 2.24) is 5.32 Å². The van der Waals surface area contributed by atoms with E-state index in [0.717, 1.165) is 31.0 Å². The fourth-order valence-corrected chi connectivity index (χ4v) is 2.37. The van der Waals surface area contributed by atoms with Crippen molar-refractivity contribution in [2.45, 2.75) is 19.4 Å². The zero-order chi connectivity index (χ0) is 10.7. The van der Waals surface area contributed by atoms with Gasteiger partial charge < -0.3 is 15.2 Å². The highest BCUT2D eigenvalue weighted by Gasteiger charge is 2.41. The lowest BCUT2D eigenvalue weighted by molar-refractivity contribution is 0.207. The molecule has 2 N–H and O–H groups in total. The van der Waals surface area contributed by atoms with Crippen LogP contribution in [0.15, 0.2) is 12.1 Å². The van der Waals surface area contributed by atoms with Gasteiger partial charge in [-0.05, 0) is 25.0 Å². The molecule has 2 rings (SSSR count). The fourth-order valence-electron chi connectivity index (χ4n) is 1.58. The first-order valence-electron chi connectivity index (χ1n) is 5.22. The highest BCUT2D eigenvalue weighted by Crippen LogP contribution is 2.44. The van der Waals surface area contributed by atoms with Gasteiger partial charge in [0.25, 0.3) is 0 Å². The maximum absolute atomic E-state index is 9.14. The van der Waals surface area contributed by atoms with Crippen LogP contribution in [-0.2, 0) is 6.54 Å². The van der Waals surface area contributed by atoms with Gasteiger partial charge in [0.1, 0.15) is 0 Å². The van der Waals surface area contributed by atoms with Crippen LogP contribution in [0.5, 0.6) is 5.06 Å². The Kier molecular flexibility index (Phi) is 3.29. The number of ether oxygens (including phenoxy) is 1. The van der Waals surface area contributed by atoms with Crippen LogP contribution < -0.4 is 10.1 Å². The van der Waals surface area contributed by atoms with Crippen molar-refractivity contribution >= 4 is 11.3 Å². The normalized spacial score (nSPS) is 17.7. The topological polar surface area (TPSA) is 41.5 Å². The number of nitrogens with one attached hydrogen (secondary N) is 1. The van der Waals surface area contributed by atoms with E-state index in [1.54, 1.807) is 18.4 Å². The lowest BCUT2D eigenvalue weighted by Gasteiger charge is -2.11. The minimum atomic E-state index is 0.196. The molecule has 0 bridgehead atoms. The van der Waals surface area contributed by atoms with Gasteiger partial charge in [-0.25, -0.2) is 0 Å². The summed E-state index contributed by atoms with van der Waals surface area (Å²) >= 11 is 1.66. The van der Waals surface area contributed by atoms with E-state index >= 15 is 0 Å². The number of aliphatic hydroxyl groups excluding tert-OH is 1. The Labute approximate surface area is 94.1 Å². The largest absolute Gasteiger partial charge is 0.487 e. The summed E-state index contributed by atoms with van der Waals surface area (Å²) in [5.74, 6) is 0. The van der Waals surface area contributed by atoms with Gasteiger partial charge in [0.05, 0.1) is 7.11 Å². The van der Waals surface area contributed by atoms with Crippen molar-refractivity contribution in [3.63, 3.8) is 0 Å². The highest BCUT2D eigenvalue weighted by atomic mass is 32.1. The zero-order valence-corrected chi connectivity index (χ0v) is 9.77. The van der Waals surface area contributed by atoms with Gasteiger partial charge in [0.15, 0.2) is 5.06 Å². The van der Waals surface area contributed by atoms with E-state index in [4.69, 9.17) is 9.84 Å². The Balaban J connectivity index is 1.73.